The molecule has 23 heavy (non-hydrogen) atoms. The van der Waals surface area contributed by atoms with Gasteiger partial charge in [-0.25, -0.2) is 4.39 Å². The number of carbonyl (C=O) groups excluding carboxylic acids is 1. The Morgan fingerprint density at radius 3 is 3.09 bits per heavy atom. The van der Waals surface area contributed by atoms with Gasteiger partial charge in [-0.3, -0.25) is 4.79 Å². The maximum atomic E-state index is 14.0. The molecule has 122 valence electrons. The molecule has 1 fully saturated rings. The molecule has 0 radical (unpaired) electrons. The zero-order chi connectivity index (χ0) is 16.4. The molecular formula is C17H18ClFN2O2. The van der Waals surface area contributed by atoms with Gasteiger partial charge in [0.15, 0.2) is 0 Å². The third-order valence-corrected chi connectivity index (χ3v) is 4.42. The Balaban J connectivity index is 1.87. The molecule has 1 aliphatic rings. The van der Waals surface area contributed by atoms with Crippen LogP contribution in [0.1, 0.15) is 54.0 Å². The molecule has 6 heteroatoms. The fourth-order valence-electron chi connectivity index (χ4n) is 3.01. The van der Waals surface area contributed by atoms with Crippen LogP contribution in [0.15, 0.2) is 28.8 Å². The van der Waals surface area contributed by atoms with Gasteiger partial charge in [-0.1, -0.05) is 29.7 Å². The van der Waals surface area contributed by atoms with E-state index >= 15 is 0 Å². The number of benzene rings is 1. The number of halogens is 2. The number of rotatable bonds is 4. The Labute approximate surface area is 139 Å². The Kier molecular flexibility index (Phi) is 4.66. The minimum absolute atomic E-state index is 0.0710. The normalized spacial score (nSPS) is 17.7. The molecule has 1 amide bonds. The third-order valence-electron chi connectivity index (χ3n) is 4.11. The summed E-state index contributed by atoms with van der Waals surface area (Å²) in [5.41, 5.74) is 0.658. The average molecular weight is 337 g/mol. The highest BCUT2D eigenvalue weighted by atomic mass is 35.5. The SMILES string of the molecule is CCCc1cc(C2CCCN2C(=O)c2c(F)cccc2Cl)no1. The molecule has 1 aromatic heterocycles. The molecule has 1 atom stereocenters. The maximum Gasteiger partial charge on any atom is 0.258 e. The van der Waals surface area contributed by atoms with E-state index in [1.165, 1.54) is 18.2 Å². The van der Waals surface area contributed by atoms with E-state index in [0.29, 0.717) is 6.54 Å². The minimum Gasteiger partial charge on any atom is -0.361 e. The number of aryl methyl sites for hydroxylation is 1. The quantitative estimate of drug-likeness (QED) is 0.831. The molecule has 1 saturated heterocycles. The predicted octanol–water partition coefficient (Wildman–Crippen LogP) is 4.40. The third kappa shape index (κ3) is 3.11. The maximum absolute atomic E-state index is 14.0. The zero-order valence-electron chi connectivity index (χ0n) is 12.9. The summed E-state index contributed by atoms with van der Waals surface area (Å²) in [4.78, 5) is 14.4. The number of carbonyl (C=O) groups is 1. The number of likely N-dealkylation sites (tertiary alicyclic amines) is 1. The first-order valence-corrected chi connectivity index (χ1v) is 8.20. The van der Waals surface area contributed by atoms with Crippen molar-refractivity contribution in [2.45, 2.75) is 38.6 Å². The van der Waals surface area contributed by atoms with Gasteiger partial charge in [0.1, 0.15) is 17.3 Å². The molecule has 0 spiro atoms. The second-order valence-electron chi connectivity index (χ2n) is 5.72. The largest absolute Gasteiger partial charge is 0.361 e. The Morgan fingerprint density at radius 2 is 2.35 bits per heavy atom. The Morgan fingerprint density at radius 1 is 1.52 bits per heavy atom. The van der Waals surface area contributed by atoms with Crippen molar-refractivity contribution in [1.29, 1.82) is 0 Å². The van der Waals surface area contributed by atoms with Crippen LogP contribution < -0.4 is 0 Å². The molecule has 3 rings (SSSR count). The van der Waals surface area contributed by atoms with E-state index in [0.717, 1.165) is 37.1 Å². The first-order valence-electron chi connectivity index (χ1n) is 7.82. The van der Waals surface area contributed by atoms with Crippen LogP contribution in [-0.4, -0.2) is 22.5 Å². The summed E-state index contributed by atoms with van der Waals surface area (Å²) >= 11 is 6.02. The zero-order valence-corrected chi connectivity index (χ0v) is 13.6. The standard InChI is InChI=1S/C17H18ClFN2O2/c1-2-5-11-10-14(20-23-11)15-8-4-9-21(15)17(22)16-12(18)6-3-7-13(16)19/h3,6-7,10,15H,2,4-5,8-9H2,1H3. The van der Waals surface area contributed by atoms with Gasteiger partial charge in [0.2, 0.25) is 0 Å². The van der Waals surface area contributed by atoms with E-state index in [-0.39, 0.29) is 16.6 Å². The predicted molar refractivity (Wildman–Crippen MR) is 84.9 cm³/mol. The monoisotopic (exact) mass is 336 g/mol. The van der Waals surface area contributed by atoms with Crippen molar-refractivity contribution < 1.29 is 13.7 Å². The lowest BCUT2D eigenvalue weighted by molar-refractivity contribution is 0.0726. The van der Waals surface area contributed by atoms with E-state index in [4.69, 9.17) is 16.1 Å². The van der Waals surface area contributed by atoms with Crippen molar-refractivity contribution in [3.05, 3.63) is 52.1 Å². The van der Waals surface area contributed by atoms with E-state index < -0.39 is 11.7 Å². The van der Waals surface area contributed by atoms with E-state index in [2.05, 4.69) is 12.1 Å². The van der Waals surface area contributed by atoms with Gasteiger partial charge in [-0.2, -0.15) is 0 Å². The highest BCUT2D eigenvalue weighted by Crippen LogP contribution is 2.34. The fraction of sp³-hybridized carbons (Fsp3) is 0.412. The molecule has 0 aliphatic carbocycles. The van der Waals surface area contributed by atoms with Crippen LogP contribution in [0.5, 0.6) is 0 Å². The molecule has 0 N–H and O–H groups in total. The van der Waals surface area contributed by atoms with Gasteiger partial charge >= 0.3 is 0 Å². The molecule has 1 unspecified atom stereocenters. The van der Waals surface area contributed by atoms with Crippen molar-refractivity contribution in [2.24, 2.45) is 0 Å². The smallest absolute Gasteiger partial charge is 0.258 e. The Bertz CT molecular complexity index is 696. The van der Waals surface area contributed by atoms with Crippen molar-refractivity contribution in [3.63, 3.8) is 0 Å². The van der Waals surface area contributed by atoms with Crippen molar-refractivity contribution in [2.75, 3.05) is 6.54 Å². The van der Waals surface area contributed by atoms with Crippen molar-refractivity contribution >= 4 is 17.5 Å². The second-order valence-corrected chi connectivity index (χ2v) is 6.13. The molecule has 4 nitrogen and oxygen atoms in total. The highest BCUT2D eigenvalue weighted by molar-refractivity contribution is 6.33. The summed E-state index contributed by atoms with van der Waals surface area (Å²) in [6, 6.07) is 5.97. The summed E-state index contributed by atoms with van der Waals surface area (Å²) in [7, 11) is 0. The first-order chi connectivity index (χ1) is 11.1. The van der Waals surface area contributed by atoms with Gasteiger partial charge < -0.3 is 9.42 Å². The van der Waals surface area contributed by atoms with E-state index in [9.17, 15) is 9.18 Å². The van der Waals surface area contributed by atoms with Crippen LogP contribution in [0.3, 0.4) is 0 Å². The summed E-state index contributed by atoms with van der Waals surface area (Å²) in [6.45, 7) is 2.62. The Hall–Kier alpha value is -1.88. The summed E-state index contributed by atoms with van der Waals surface area (Å²) in [6.07, 6.45) is 3.41. The van der Waals surface area contributed by atoms with Gasteiger partial charge in [-0.15, -0.1) is 0 Å². The molecule has 2 heterocycles. The molecule has 1 aromatic carbocycles. The van der Waals surface area contributed by atoms with E-state index in [1.807, 2.05) is 6.07 Å². The van der Waals surface area contributed by atoms with Crippen molar-refractivity contribution in [3.8, 4) is 0 Å². The molecule has 1 aliphatic heterocycles. The summed E-state index contributed by atoms with van der Waals surface area (Å²) < 4.78 is 19.3. The molecule has 2 aromatic rings. The number of amides is 1. The molecule has 0 bridgehead atoms. The van der Waals surface area contributed by atoms with Crippen LogP contribution in [0, 0.1) is 5.82 Å². The van der Waals surface area contributed by atoms with Gasteiger partial charge in [0.05, 0.1) is 16.6 Å². The lowest BCUT2D eigenvalue weighted by Crippen LogP contribution is -2.31. The molecular weight excluding hydrogens is 319 g/mol. The van der Waals surface area contributed by atoms with Crippen molar-refractivity contribution in [1.82, 2.24) is 10.1 Å². The first kappa shape index (κ1) is 16.0. The number of aromatic nitrogens is 1. The second kappa shape index (κ2) is 6.71. The van der Waals surface area contributed by atoms with Gasteiger partial charge in [-0.05, 0) is 31.4 Å². The van der Waals surface area contributed by atoms with Crippen LogP contribution in [0.2, 0.25) is 5.02 Å². The van der Waals surface area contributed by atoms with Crippen LogP contribution in [0.4, 0.5) is 4.39 Å². The lowest BCUT2D eigenvalue weighted by atomic mass is 10.1. The average Bonchev–Trinajstić information content (AvgIpc) is 3.15. The van der Waals surface area contributed by atoms with Gasteiger partial charge in [0, 0.05) is 19.0 Å². The van der Waals surface area contributed by atoms with Crippen LogP contribution >= 0.6 is 11.6 Å². The van der Waals surface area contributed by atoms with E-state index in [1.54, 1.807) is 4.90 Å². The van der Waals surface area contributed by atoms with Crippen LogP contribution in [0.25, 0.3) is 0 Å². The summed E-state index contributed by atoms with van der Waals surface area (Å²) in [5.74, 6) is -0.179. The highest BCUT2D eigenvalue weighted by Gasteiger charge is 2.34. The minimum atomic E-state index is -0.597. The topological polar surface area (TPSA) is 46.3 Å². The van der Waals surface area contributed by atoms with Gasteiger partial charge in [0.25, 0.3) is 5.91 Å². The number of hydrogen-bond acceptors (Lipinski definition) is 3. The summed E-state index contributed by atoms with van der Waals surface area (Å²) in [5, 5.41) is 4.22. The number of hydrogen-bond donors (Lipinski definition) is 0. The molecule has 0 saturated carbocycles. The number of nitrogens with zero attached hydrogens (tertiary/aromatic N) is 2. The lowest BCUT2D eigenvalue weighted by Gasteiger charge is -2.23. The fourth-order valence-corrected chi connectivity index (χ4v) is 3.26. The van der Waals surface area contributed by atoms with Crippen LogP contribution in [-0.2, 0) is 6.42 Å².